The van der Waals surface area contributed by atoms with Crippen molar-refractivity contribution < 1.29 is 14.3 Å². The topological polar surface area (TPSA) is 79.5 Å². The number of carbonyl (C=O) groups excluding carboxylic acids is 2. The van der Waals surface area contributed by atoms with Crippen molar-refractivity contribution in [3.63, 3.8) is 0 Å². The Kier molecular flexibility index (Phi) is 5.66. The number of rotatable bonds is 2. The summed E-state index contributed by atoms with van der Waals surface area (Å²) in [7, 11) is 1.48. The van der Waals surface area contributed by atoms with Gasteiger partial charge in [0.05, 0.1) is 12.7 Å². The van der Waals surface area contributed by atoms with Crippen LogP contribution in [0.3, 0.4) is 0 Å². The number of thiocarbonyl (C=S) groups is 1. The molecule has 0 saturated heterocycles. The van der Waals surface area contributed by atoms with Crippen LogP contribution in [0.5, 0.6) is 5.75 Å². The molecule has 1 rings (SSSR count). The summed E-state index contributed by atoms with van der Waals surface area (Å²) in [5.74, 6) is -0.215. The van der Waals surface area contributed by atoms with Crippen molar-refractivity contribution in [2.24, 2.45) is 5.41 Å². The Hall–Kier alpha value is -2.15. The van der Waals surface area contributed by atoms with Crippen LogP contribution in [-0.4, -0.2) is 24.0 Å². The Bertz CT molecular complexity index is 553. The van der Waals surface area contributed by atoms with Gasteiger partial charge in [0, 0.05) is 5.41 Å². The summed E-state index contributed by atoms with van der Waals surface area (Å²) in [6, 6.07) is 6.77. The molecule has 1 aromatic carbocycles. The SMILES string of the molecule is COc1ccccc1C(=O)NNC(=S)NC(=O)C(C)(C)C. The van der Waals surface area contributed by atoms with Crippen LogP contribution in [-0.2, 0) is 4.79 Å². The second-order valence-electron chi connectivity index (χ2n) is 5.31. The van der Waals surface area contributed by atoms with Gasteiger partial charge in [-0.3, -0.25) is 20.4 Å². The van der Waals surface area contributed by atoms with Gasteiger partial charge in [0.25, 0.3) is 5.91 Å². The van der Waals surface area contributed by atoms with Crippen molar-refractivity contribution >= 4 is 29.1 Å². The number of amides is 2. The molecule has 0 heterocycles. The molecule has 0 saturated carbocycles. The van der Waals surface area contributed by atoms with Crippen LogP contribution in [0.4, 0.5) is 0 Å². The van der Waals surface area contributed by atoms with Crippen molar-refractivity contribution in [1.82, 2.24) is 16.2 Å². The molecule has 0 aliphatic heterocycles. The fourth-order valence-electron chi connectivity index (χ4n) is 1.33. The molecule has 0 aliphatic carbocycles. The number of hydrogen-bond acceptors (Lipinski definition) is 4. The van der Waals surface area contributed by atoms with Crippen LogP contribution < -0.4 is 20.9 Å². The Morgan fingerprint density at radius 1 is 1.14 bits per heavy atom. The molecule has 114 valence electrons. The number of para-hydroxylation sites is 1. The summed E-state index contributed by atoms with van der Waals surface area (Å²) in [5.41, 5.74) is 4.67. The van der Waals surface area contributed by atoms with E-state index in [1.54, 1.807) is 45.0 Å². The highest BCUT2D eigenvalue weighted by molar-refractivity contribution is 7.80. The Balaban J connectivity index is 2.57. The first kappa shape index (κ1) is 16.9. The molecule has 21 heavy (non-hydrogen) atoms. The fraction of sp³-hybridized carbons (Fsp3) is 0.357. The predicted molar refractivity (Wildman–Crippen MR) is 83.8 cm³/mol. The smallest absolute Gasteiger partial charge is 0.273 e. The van der Waals surface area contributed by atoms with E-state index in [4.69, 9.17) is 17.0 Å². The number of ether oxygens (including phenoxy) is 1. The summed E-state index contributed by atoms with van der Waals surface area (Å²) in [6.45, 7) is 5.29. The Morgan fingerprint density at radius 3 is 2.33 bits per heavy atom. The summed E-state index contributed by atoms with van der Waals surface area (Å²) in [5, 5.41) is 2.52. The maximum atomic E-state index is 12.0. The standard InChI is InChI=1S/C14H19N3O3S/c1-14(2,3)12(19)15-13(21)17-16-11(18)9-7-5-6-8-10(9)20-4/h5-8H,1-4H3,(H,16,18)(H2,15,17,19,21). The Morgan fingerprint density at radius 2 is 1.76 bits per heavy atom. The average Bonchev–Trinajstić information content (AvgIpc) is 2.43. The van der Waals surface area contributed by atoms with Gasteiger partial charge in [0.2, 0.25) is 5.91 Å². The number of methoxy groups -OCH3 is 1. The van der Waals surface area contributed by atoms with Gasteiger partial charge in [-0.15, -0.1) is 0 Å². The molecule has 0 radical (unpaired) electrons. The molecule has 0 unspecified atom stereocenters. The molecule has 0 atom stereocenters. The lowest BCUT2D eigenvalue weighted by Gasteiger charge is -2.18. The molecule has 7 heteroatoms. The predicted octanol–water partition coefficient (Wildman–Crippen LogP) is 1.38. The van der Waals surface area contributed by atoms with Crippen molar-refractivity contribution in [2.75, 3.05) is 7.11 Å². The number of hydrogen-bond donors (Lipinski definition) is 3. The van der Waals surface area contributed by atoms with E-state index >= 15 is 0 Å². The number of hydrazine groups is 1. The minimum absolute atomic E-state index is 0.0261. The zero-order chi connectivity index (χ0) is 16.0. The molecule has 3 N–H and O–H groups in total. The summed E-state index contributed by atoms with van der Waals surface area (Å²) >= 11 is 4.94. The first-order chi connectivity index (χ1) is 9.75. The minimum Gasteiger partial charge on any atom is -0.496 e. The van der Waals surface area contributed by atoms with Crippen molar-refractivity contribution in [3.8, 4) is 5.75 Å². The van der Waals surface area contributed by atoms with Crippen molar-refractivity contribution in [2.45, 2.75) is 20.8 Å². The van der Waals surface area contributed by atoms with Crippen LogP contribution in [0.2, 0.25) is 0 Å². The number of nitrogens with one attached hydrogen (secondary N) is 3. The Labute approximate surface area is 129 Å². The third-order valence-electron chi connectivity index (χ3n) is 2.55. The monoisotopic (exact) mass is 309 g/mol. The van der Waals surface area contributed by atoms with E-state index in [0.29, 0.717) is 11.3 Å². The van der Waals surface area contributed by atoms with Gasteiger partial charge in [-0.2, -0.15) is 0 Å². The van der Waals surface area contributed by atoms with Crippen molar-refractivity contribution in [1.29, 1.82) is 0 Å². The normalized spacial score (nSPS) is 10.5. The molecule has 2 amide bonds. The highest BCUT2D eigenvalue weighted by Crippen LogP contribution is 2.16. The number of benzene rings is 1. The molecule has 0 fully saturated rings. The van der Waals surface area contributed by atoms with Gasteiger partial charge in [-0.05, 0) is 24.4 Å². The molecule has 6 nitrogen and oxygen atoms in total. The fourth-order valence-corrected chi connectivity index (χ4v) is 1.48. The van der Waals surface area contributed by atoms with E-state index in [0.717, 1.165) is 0 Å². The third kappa shape index (κ3) is 5.03. The van der Waals surface area contributed by atoms with E-state index in [2.05, 4.69) is 16.2 Å². The van der Waals surface area contributed by atoms with Gasteiger partial charge in [0.1, 0.15) is 5.75 Å². The minimum atomic E-state index is -0.571. The molecule has 0 aromatic heterocycles. The molecule has 0 aliphatic rings. The first-order valence-corrected chi connectivity index (χ1v) is 6.71. The molecular weight excluding hydrogens is 290 g/mol. The maximum Gasteiger partial charge on any atom is 0.273 e. The lowest BCUT2D eigenvalue weighted by Crippen LogP contribution is -2.50. The quantitative estimate of drug-likeness (QED) is 0.568. The summed E-state index contributed by atoms with van der Waals surface area (Å²) < 4.78 is 5.09. The second kappa shape index (κ2) is 7.03. The van der Waals surface area contributed by atoms with Crippen LogP contribution in [0, 0.1) is 5.41 Å². The highest BCUT2D eigenvalue weighted by Gasteiger charge is 2.22. The average molecular weight is 309 g/mol. The highest BCUT2D eigenvalue weighted by atomic mass is 32.1. The van der Waals surface area contributed by atoms with Crippen LogP contribution in [0.15, 0.2) is 24.3 Å². The second-order valence-corrected chi connectivity index (χ2v) is 5.72. The van der Waals surface area contributed by atoms with Gasteiger partial charge < -0.3 is 10.1 Å². The van der Waals surface area contributed by atoms with Gasteiger partial charge >= 0.3 is 0 Å². The van der Waals surface area contributed by atoms with Gasteiger partial charge in [-0.1, -0.05) is 32.9 Å². The van der Waals surface area contributed by atoms with Gasteiger partial charge in [0.15, 0.2) is 5.11 Å². The molecular formula is C14H19N3O3S. The lowest BCUT2D eigenvalue weighted by atomic mass is 9.96. The van der Waals surface area contributed by atoms with Crippen molar-refractivity contribution in [3.05, 3.63) is 29.8 Å². The zero-order valence-electron chi connectivity index (χ0n) is 12.4. The van der Waals surface area contributed by atoms with Crippen LogP contribution in [0.25, 0.3) is 0 Å². The summed E-state index contributed by atoms with van der Waals surface area (Å²) in [4.78, 5) is 23.7. The van der Waals surface area contributed by atoms with Crippen LogP contribution >= 0.6 is 12.2 Å². The zero-order valence-corrected chi connectivity index (χ0v) is 13.3. The van der Waals surface area contributed by atoms with E-state index in [9.17, 15) is 9.59 Å². The van der Waals surface area contributed by atoms with E-state index in [1.165, 1.54) is 7.11 Å². The van der Waals surface area contributed by atoms with Crippen LogP contribution in [0.1, 0.15) is 31.1 Å². The largest absolute Gasteiger partial charge is 0.496 e. The maximum absolute atomic E-state index is 12.0. The summed E-state index contributed by atoms with van der Waals surface area (Å²) in [6.07, 6.45) is 0. The third-order valence-corrected chi connectivity index (χ3v) is 2.75. The molecule has 0 spiro atoms. The first-order valence-electron chi connectivity index (χ1n) is 6.30. The van der Waals surface area contributed by atoms with E-state index < -0.39 is 11.3 Å². The lowest BCUT2D eigenvalue weighted by molar-refractivity contribution is -0.126. The van der Waals surface area contributed by atoms with Gasteiger partial charge in [-0.25, -0.2) is 0 Å². The number of carbonyl (C=O) groups is 2. The van der Waals surface area contributed by atoms with E-state index in [-0.39, 0.29) is 11.0 Å². The van der Waals surface area contributed by atoms with E-state index in [1.807, 2.05) is 0 Å². The molecule has 1 aromatic rings. The molecule has 0 bridgehead atoms.